The van der Waals surface area contributed by atoms with Crippen LogP contribution < -0.4 is 10.6 Å². The lowest BCUT2D eigenvalue weighted by molar-refractivity contribution is 0.142. The van der Waals surface area contributed by atoms with E-state index in [2.05, 4.69) is 43.2 Å². The van der Waals surface area contributed by atoms with Crippen molar-refractivity contribution in [2.45, 2.75) is 59.4 Å². The highest BCUT2D eigenvalue weighted by Gasteiger charge is 2.20. The summed E-state index contributed by atoms with van der Waals surface area (Å²) in [5.74, 6) is 1.81. The molecule has 1 saturated heterocycles. The van der Waals surface area contributed by atoms with Crippen molar-refractivity contribution in [3.63, 3.8) is 0 Å². The van der Waals surface area contributed by atoms with Crippen molar-refractivity contribution in [2.75, 3.05) is 32.7 Å². The number of guanidine groups is 1. The zero-order valence-corrected chi connectivity index (χ0v) is 16.7. The Bertz CT molecular complexity index is 283. The third-order valence-corrected chi connectivity index (χ3v) is 3.99. The number of unbranched alkanes of at least 4 members (excludes halogenated alkanes) is 1. The van der Waals surface area contributed by atoms with Gasteiger partial charge >= 0.3 is 0 Å². The van der Waals surface area contributed by atoms with Gasteiger partial charge in [0.1, 0.15) is 0 Å². The number of rotatable bonds is 7. The average Bonchev–Trinajstić information content (AvgIpc) is 2.44. The molecule has 126 valence electrons. The molecule has 0 aliphatic carbocycles. The lowest BCUT2D eigenvalue weighted by Gasteiger charge is -2.35. The van der Waals surface area contributed by atoms with Crippen LogP contribution in [0.5, 0.6) is 0 Å². The summed E-state index contributed by atoms with van der Waals surface area (Å²) in [6.45, 7) is 14.3. The van der Waals surface area contributed by atoms with E-state index in [1.165, 1.54) is 38.8 Å². The maximum absolute atomic E-state index is 4.74. The first-order valence-electron chi connectivity index (χ1n) is 8.43. The predicted octanol–water partition coefficient (Wildman–Crippen LogP) is 3.08. The Morgan fingerprint density at radius 3 is 2.71 bits per heavy atom. The van der Waals surface area contributed by atoms with Crippen molar-refractivity contribution in [1.29, 1.82) is 0 Å². The summed E-state index contributed by atoms with van der Waals surface area (Å²) >= 11 is 0. The second-order valence-corrected chi connectivity index (χ2v) is 6.09. The number of likely N-dealkylation sites (tertiary alicyclic amines) is 1. The minimum Gasteiger partial charge on any atom is -0.357 e. The number of nitrogens with zero attached hydrogens (tertiary/aromatic N) is 2. The molecule has 0 bridgehead atoms. The fraction of sp³-hybridized carbons (Fsp3) is 0.938. The molecule has 0 aromatic carbocycles. The van der Waals surface area contributed by atoms with Crippen LogP contribution in [0.2, 0.25) is 0 Å². The number of hydrogen-bond donors (Lipinski definition) is 2. The second kappa shape index (κ2) is 12.5. The molecule has 21 heavy (non-hydrogen) atoms. The molecule has 0 saturated carbocycles. The summed E-state index contributed by atoms with van der Waals surface area (Å²) in [5.41, 5.74) is 0. The second-order valence-electron chi connectivity index (χ2n) is 6.09. The normalized spacial score (nSPS) is 21.5. The van der Waals surface area contributed by atoms with Crippen LogP contribution in [0.25, 0.3) is 0 Å². The van der Waals surface area contributed by atoms with Crippen molar-refractivity contribution in [3.8, 4) is 0 Å². The smallest absolute Gasteiger partial charge is 0.191 e. The quantitative estimate of drug-likeness (QED) is 0.293. The van der Waals surface area contributed by atoms with Gasteiger partial charge in [0.05, 0.1) is 6.54 Å². The average molecular weight is 410 g/mol. The van der Waals surface area contributed by atoms with Gasteiger partial charge in [0.15, 0.2) is 5.96 Å². The number of piperidine rings is 1. The molecule has 2 N–H and O–H groups in total. The van der Waals surface area contributed by atoms with Gasteiger partial charge in [-0.2, -0.15) is 0 Å². The molecule has 5 heteroatoms. The zero-order chi connectivity index (χ0) is 14.8. The van der Waals surface area contributed by atoms with Gasteiger partial charge in [0.2, 0.25) is 0 Å². The van der Waals surface area contributed by atoms with Crippen LogP contribution in [0, 0.1) is 5.92 Å². The van der Waals surface area contributed by atoms with Crippen LogP contribution in [0.1, 0.15) is 53.4 Å². The van der Waals surface area contributed by atoms with E-state index in [9.17, 15) is 0 Å². The molecule has 1 aliphatic heterocycles. The van der Waals surface area contributed by atoms with Gasteiger partial charge in [-0.3, -0.25) is 9.89 Å². The minimum absolute atomic E-state index is 0. The minimum atomic E-state index is 0. The maximum Gasteiger partial charge on any atom is 0.191 e. The van der Waals surface area contributed by atoms with Crippen LogP contribution >= 0.6 is 24.0 Å². The summed E-state index contributed by atoms with van der Waals surface area (Å²) in [6.07, 6.45) is 5.13. The monoisotopic (exact) mass is 410 g/mol. The highest BCUT2D eigenvalue weighted by molar-refractivity contribution is 14.0. The summed E-state index contributed by atoms with van der Waals surface area (Å²) in [7, 11) is 0. The van der Waals surface area contributed by atoms with Crippen molar-refractivity contribution < 1.29 is 0 Å². The van der Waals surface area contributed by atoms with Gasteiger partial charge in [-0.1, -0.05) is 20.3 Å². The Hall–Kier alpha value is -0.0400. The van der Waals surface area contributed by atoms with Crippen LogP contribution in [0.4, 0.5) is 0 Å². The Balaban J connectivity index is 0.00000400. The van der Waals surface area contributed by atoms with E-state index in [1.807, 2.05) is 0 Å². The van der Waals surface area contributed by atoms with E-state index in [4.69, 9.17) is 4.99 Å². The first-order valence-corrected chi connectivity index (χ1v) is 8.43. The molecule has 4 nitrogen and oxygen atoms in total. The molecular formula is C16H35IN4. The molecule has 0 radical (unpaired) electrons. The van der Waals surface area contributed by atoms with Gasteiger partial charge in [0.25, 0.3) is 0 Å². The highest BCUT2D eigenvalue weighted by Crippen LogP contribution is 2.17. The predicted molar refractivity (Wildman–Crippen MR) is 104 cm³/mol. The van der Waals surface area contributed by atoms with E-state index >= 15 is 0 Å². The fourth-order valence-corrected chi connectivity index (χ4v) is 2.69. The third-order valence-electron chi connectivity index (χ3n) is 3.99. The number of nitrogens with one attached hydrogen (secondary N) is 2. The van der Waals surface area contributed by atoms with E-state index in [-0.39, 0.29) is 24.0 Å². The molecule has 1 heterocycles. The molecule has 1 fully saturated rings. The Kier molecular flexibility index (Phi) is 12.5. The lowest BCUT2D eigenvalue weighted by atomic mass is 9.99. The van der Waals surface area contributed by atoms with Crippen molar-refractivity contribution in [1.82, 2.24) is 15.5 Å². The topological polar surface area (TPSA) is 39.7 Å². The number of halogens is 1. The lowest BCUT2D eigenvalue weighted by Crippen LogP contribution is -2.43. The summed E-state index contributed by atoms with van der Waals surface area (Å²) in [4.78, 5) is 7.33. The van der Waals surface area contributed by atoms with Gasteiger partial charge in [0, 0.05) is 25.7 Å². The van der Waals surface area contributed by atoms with Crippen LogP contribution in [-0.4, -0.2) is 49.6 Å². The van der Waals surface area contributed by atoms with Crippen molar-refractivity contribution in [3.05, 3.63) is 0 Å². The highest BCUT2D eigenvalue weighted by atomic mass is 127. The largest absolute Gasteiger partial charge is 0.357 e. The molecule has 0 aromatic rings. The summed E-state index contributed by atoms with van der Waals surface area (Å²) in [5, 5.41) is 6.74. The standard InChI is InChI=1S/C16H34N4.HI/c1-5-7-10-18-16(17-6-2)19-12-15(4)20-11-8-9-14(3)13-20;/h14-15H,5-13H2,1-4H3,(H2,17,18,19);1H. The number of aliphatic imine (C=N–C) groups is 1. The molecule has 2 atom stereocenters. The van der Waals surface area contributed by atoms with E-state index in [0.29, 0.717) is 6.04 Å². The molecular weight excluding hydrogens is 375 g/mol. The molecule has 0 amide bonds. The Morgan fingerprint density at radius 1 is 1.33 bits per heavy atom. The van der Waals surface area contributed by atoms with Crippen LogP contribution in [0.15, 0.2) is 4.99 Å². The fourth-order valence-electron chi connectivity index (χ4n) is 2.69. The maximum atomic E-state index is 4.74. The summed E-state index contributed by atoms with van der Waals surface area (Å²) < 4.78 is 0. The molecule has 1 aliphatic rings. The van der Waals surface area contributed by atoms with E-state index < -0.39 is 0 Å². The first-order chi connectivity index (χ1) is 9.67. The van der Waals surface area contributed by atoms with Crippen molar-refractivity contribution >= 4 is 29.9 Å². The van der Waals surface area contributed by atoms with Crippen LogP contribution in [0.3, 0.4) is 0 Å². The molecule has 0 spiro atoms. The van der Waals surface area contributed by atoms with Gasteiger partial charge in [-0.25, -0.2) is 0 Å². The van der Waals surface area contributed by atoms with Crippen molar-refractivity contribution in [2.24, 2.45) is 10.9 Å². The van der Waals surface area contributed by atoms with E-state index in [1.54, 1.807) is 0 Å². The van der Waals surface area contributed by atoms with E-state index in [0.717, 1.165) is 31.5 Å². The zero-order valence-electron chi connectivity index (χ0n) is 14.3. The van der Waals surface area contributed by atoms with Gasteiger partial charge in [-0.05, 0) is 45.6 Å². The summed E-state index contributed by atoms with van der Waals surface area (Å²) in [6, 6.07) is 0.541. The Labute approximate surface area is 148 Å². The Morgan fingerprint density at radius 2 is 2.10 bits per heavy atom. The third kappa shape index (κ3) is 8.86. The number of hydrogen-bond acceptors (Lipinski definition) is 2. The molecule has 1 rings (SSSR count). The molecule has 2 unspecified atom stereocenters. The SMILES string of the molecule is CCCCNC(=NCC(C)N1CCCC(C)C1)NCC.I. The first kappa shape index (κ1) is 21.0. The van der Waals surface area contributed by atoms with Crippen LogP contribution in [-0.2, 0) is 0 Å². The molecule has 0 aromatic heterocycles. The van der Waals surface area contributed by atoms with Gasteiger partial charge in [-0.15, -0.1) is 24.0 Å². The van der Waals surface area contributed by atoms with Gasteiger partial charge < -0.3 is 10.6 Å².